The van der Waals surface area contributed by atoms with Crippen molar-refractivity contribution in [1.29, 1.82) is 0 Å². The lowest BCUT2D eigenvalue weighted by atomic mass is 9.81. The Morgan fingerprint density at radius 3 is 2.45 bits per heavy atom. The Hall–Kier alpha value is -0.570. The molecule has 116 valence electrons. The summed E-state index contributed by atoms with van der Waals surface area (Å²) in [5, 5.41) is 3.70. The fourth-order valence-corrected chi connectivity index (χ4v) is 3.49. The number of carbonyl (C=O) groups excluding carboxylic acids is 1. The van der Waals surface area contributed by atoms with Gasteiger partial charge in [-0.05, 0) is 30.6 Å². The largest absolute Gasteiger partial charge is 0.325 e. The summed E-state index contributed by atoms with van der Waals surface area (Å²) in [6.45, 7) is 12.2. The molecule has 1 saturated carbocycles. The number of carbonyl (C=O) groups is 1. The van der Waals surface area contributed by atoms with Gasteiger partial charge in [0.15, 0.2) is 0 Å². The first-order chi connectivity index (χ1) is 9.30. The molecule has 1 aliphatic heterocycles. The Bertz CT molecular complexity index is 352. The van der Waals surface area contributed by atoms with Crippen molar-refractivity contribution in [3.8, 4) is 0 Å². The smallest absolute Gasteiger partial charge is 0.244 e. The molecule has 1 N–H and O–H groups in total. The molecule has 0 radical (unpaired) electrons. The molecule has 3 heteroatoms. The average molecular weight is 280 g/mol. The van der Waals surface area contributed by atoms with Crippen LogP contribution in [0.3, 0.4) is 0 Å². The summed E-state index contributed by atoms with van der Waals surface area (Å²) in [7, 11) is 0. The predicted octanol–water partition coefficient (Wildman–Crippen LogP) is 3.54. The first-order valence-corrected chi connectivity index (χ1v) is 8.39. The Balaban J connectivity index is 2.13. The van der Waals surface area contributed by atoms with Gasteiger partial charge < -0.3 is 4.90 Å². The molecule has 2 fully saturated rings. The van der Waals surface area contributed by atoms with E-state index < -0.39 is 0 Å². The van der Waals surface area contributed by atoms with E-state index in [4.69, 9.17) is 0 Å². The van der Waals surface area contributed by atoms with Crippen molar-refractivity contribution >= 4 is 5.91 Å². The fourth-order valence-electron chi connectivity index (χ4n) is 3.49. The first kappa shape index (κ1) is 15.8. The zero-order valence-electron chi connectivity index (χ0n) is 14.0. The Morgan fingerprint density at radius 2 is 1.95 bits per heavy atom. The van der Waals surface area contributed by atoms with E-state index in [2.05, 4.69) is 44.8 Å². The normalized spacial score (nSPS) is 27.6. The maximum atomic E-state index is 12.9. The predicted molar refractivity (Wildman–Crippen MR) is 83.4 cm³/mol. The third-order valence-electron chi connectivity index (χ3n) is 5.46. The van der Waals surface area contributed by atoms with Gasteiger partial charge in [0.1, 0.15) is 0 Å². The monoisotopic (exact) mass is 280 g/mol. The molecule has 2 unspecified atom stereocenters. The highest BCUT2D eigenvalue weighted by Gasteiger charge is 2.52. The van der Waals surface area contributed by atoms with Crippen LogP contribution in [-0.4, -0.2) is 29.1 Å². The number of nitrogens with one attached hydrogen (secondary N) is 1. The van der Waals surface area contributed by atoms with Crippen LogP contribution in [-0.2, 0) is 4.79 Å². The van der Waals surface area contributed by atoms with Gasteiger partial charge in [-0.2, -0.15) is 0 Å². The molecule has 2 aliphatic rings. The molecule has 2 atom stereocenters. The summed E-state index contributed by atoms with van der Waals surface area (Å²) in [4.78, 5) is 15.1. The van der Waals surface area contributed by atoms with Crippen LogP contribution < -0.4 is 5.32 Å². The number of rotatable bonds is 4. The second-order valence-electron chi connectivity index (χ2n) is 7.96. The van der Waals surface area contributed by atoms with Crippen molar-refractivity contribution in [2.75, 3.05) is 6.54 Å². The standard InChI is InChI=1S/C17H32N2O/c1-6-9-14-18-17(10-7-8-11-17)15(20)19(14)12-13(2)16(3,4)5/h13-14,18H,6-12H2,1-5H3. The first-order valence-electron chi connectivity index (χ1n) is 8.39. The summed E-state index contributed by atoms with van der Waals surface area (Å²) in [6, 6.07) is 0. The van der Waals surface area contributed by atoms with Gasteiger partial charge in [-0.15, -0.1) is 0 Å². The summed E-state index contributed by atoms with van der Waals surface area (Å²) in [5.41, 5.74) is 0.0416. The van der Waals surface area contributed by atoms with Gasteiger partial charge in [-0.3, -0.25) is 10.1 Å². The molecule has 20 heavy (non-hydrogen) atoms. The van der Waals surface area contributed by atoms with E-state index in [1.165, 1.54) is 12.8 Å². The number of hydrogen-bond donors (Lipinski definition) is 1. The third kappa shape index (κ3) is 2.88. The van der Waals surface area contributed by atoms with Crippen molar-refractivity contribution in [2.24, 2.45) is 11.3 Å². The van der Waals surface area contributed by atoms with Gasteiger partial charge in [-0.1, -0.05) is 53.9 Å². The van der Waals surface area contributed by atoms with E-state index in [0.717, 1.165) is 32.2 Å². The molecular weight excluding hydrogens is 248 g/mol. The highest BCUT2D eigenvalue weighted by Crippen LogP contribution is 2.38. The Kier molecular flexibility index (Phi) is 4.48. The molecule has 0 aromatic heterocycles. The van der Waals surface area contributed by atoms with Crippen LogP contribution in [0.2, 0.25) is 0 Å². The van der Waals surface area contributed by atoms with E-state index in [9.17, 15) is 4.79 Å². The Labute approximate surface area is 124 Å². The lowest BCUT2D eigenvalue weighted by Gasteiger charge is -2.33. The highest BCUT2D eigenvalue weighted by molar-refractivity contribution is 5.89. The molecule has 1 heterocycles. The van der Waals surface area contributed by atoms with Gasteiger partial charge in [-0.25, -0.2) is 0 Å². The minimum atomic E-state index is -0.211. The van der Waals surface area contributed by atoms with Crippen molar-refractivity contribution < 1.29 is 4.79 Å². The number of amides is 1. The Morgan fingerprint density at radius 1 is 1.35 bits per heavy atom. The van der Waals surface area contributed by atoms with Gasteiger partial charge in [0.05, 0.1) is 11.7 Å². The summed E-state index contributed by atoms with van der Waals surface area (Å²) >= 11 is 0. The van der Waals surface area contributed by atoms with Crippen molar-refractivity contribution in [2.45, 2.75) is 84.8 Å². The van der Waals surface area contributed by atoms with Crippen LogP contribution in [0.1, 0.15) is 73.1 Å². The van der Waals surface area contributed by atoms with Crippen LogP contribution in [0.25, 0.3) is 0 Å². The van der Waals surface area contributed by atoms with Crippen molar-refractivity contribution in [3.63, 3.8) is 0 Å². The molecule has 0 bridgehead atoms. The molecule has 1 aliphatic carbocycles. The zero-order valence-corrected chi connectivity index (χ0v) is 14.0. The van der Waals surface area contributed by atoms with E-state index in [0.29, 0.717) is 11.8 Å². The average Bonchev–Trinajstić information content (AvgIpc) is 2.91. The van der Waals surface area contributed by atoms with Gasteiger partial charge in [0.2, 0.25) is 5.91 Å². The fraction of sp³-hybridized carbons (Fsp3) is 0.941. The van der Waals surface area contributed by atoms with Crippen LogP contribution in [0.15, 0.2) is 0 Å². The topological polar surface area (TPSA) is 32.3 Å². The molecule has 2 rings (SSSR count). The van der Waals surface area contributed by atoms with Crippen LogP contribution in [0.5, 0.6) is 0 Å². The summed E-state index contributed by atoms with van der Waals surface area (Å²) in [6.07, 6.45) is 6.92. The van der Waals surface area contributed by atoms with Gasteiger partial charge in [0, 0.05) is 6.54 Å². The quantitative estimate of drug-likeness (QED) is 0.854. The minimum absolute atomic E-state index is 0.211. The highest BCUT2D eigenvalue weighted by atomic mass is 16.2. The van der Waals surface area contributed by atoms with Crippen LogP contribution in [0.4, 0.5) is 0 Å². The molecule has 3 nitrogen and oxygen atoms in total. The van der Waals surface area contributed by atoms with E-state index in [1.54, 1.807) is 0 Å². The van der Waals surface area contributed by atoms with Crippen molar-refractivity contribution in [1.82, 2.24) is 10.2 Å². The van der Waals surface area contributed by atoms with E-state index in [1.807, 2.05) is 0 Å². The van der Waals surface area contributed by atoms with Gasteiger partial charge >= 0.3 is 0 Å². The van der Waals surface area contributed by atoms with E-state index in [-0.39, 0.29) is 17.1 Å². The molecule has 0 aromatic rings. The summed E-state index contributed by atoms with van der Waals surface area (Å²) < 4.78 is 0. The molecular formula is C17H32N2O. The van der Waals surface area contributed by atoms with Gasteiger partial charge in [0.25, 0.3) is 0 Å². The SMILES string of the molecule is CCCC1NC2(CCCC2)C(=O)N1CC(C)C(C)(C)C. The number of nitrogens with zero attached hydrogens (tertiary/aromatic N) is 1. The third-order valence-corrected chi connectivity index (χ3v) is 5.46. The zero-order chi connectivity index (χ0) is 15.0. The molecule has 1 amide bonds. The molecule has 1 saturated heterocycles. The molecule has 1 spiro atoms. The second-order valence-corrected chi connectivity index (χ2v) is 7.96. The van der Waals surface area contributed by atoms with Crippen LogP contribution >= 0.6 is 0 Å². The van der Waals surface area contributed by atoms with Crippen molar-refractivity contribution in [3.05, 3.63) is 0 Å². The lowest BCUT2D eigenvalue weighted by molar-refractivity contribution is -0.134. The minimum Gasteiger partial charge on any atom is -0.325 e. The molecule has 0 aromatic carbocycles. The number of hydrogen-bond acceptors (Lipinski definition) is 2. The maximum Gasteiger partial charge on any atom is 0.244 e. The maximum absolute atomic E-state index is 12.9. The van der Waals surface area contributed by atoms with Crippen LogP contribution in [0, 0.1) is 11.3 Å². The van der Waals surface area contributed by atoms with E-state index >= 15 is 0 Å². The summed E-state index contributed by atoms with van der Waals surface area (Å²) in [5.74, 6) is 0.897. The second kappa shape index (κ2) is 5.67. The lowest BCUT2D eigenvalue weighted by Crippen LogP contribution is -2.45.